The Morgan fingerprint density at radius 2 is 1.82 bits per heavy atom. The lowest BCUT2D eigenvalue weighted by Gasteiger charge is -2.26. The lowest BCUT2D eigenvalue weighted by molar-refractivity contribution is 0.247. The largest absolute Gasteiger partial charge is 0.493 e. The predicted octanol–water partition coefficient (Wildman–Crippen LogP) is 4.04. The Bertz CT molecular complexity index is 630. The van der Waals surface area contributed by atoms with Crippen LogP contribution in [0.25, 0.3) is 0 Å². The van der Waals surface area contributed by atoms with Gasteiger partial charge in [0.25, 0.3) is 0 Å². The lowest BCUT2D eigenvalue weighted by Crippen LogP contribution is -2.22. The van der Waals surface area contributed by atoms with E-state index in [1.807, 2.05) is 31.3 Å². The van der Waals surface area contributed by atoms with E-state index in [1.54, 1.807) is 26.4 Å². The molecule has 0 saturated carbocycles. The van der Waals surface area contributed by atoms with Gasteiger partial charge in [-0.2, -0.15) is 0 Å². The van der Waals surface area contributed by atoms with Gasteiger partial charge >= 0.3 is 0 Å². The van der Waals surface area contributed by atoms with Gasteiger partial charge in [0.2, 0.25) is 0 Å². The van der Waals surface area contributed by atoms with Gasteiger partial charge in [-0.15, -0.1) is 0 Å². The number of methoxy groups -OCH3 is 2. The molecule has 0 N–H and O–H groups in total. The van der Waals surface area contributed by atoms with Gasteiger partial charge in [-0.3, -0.25) is 4.90 Å². The SMILES string of the molecule is COc1cccc(CN(C)[C@H](C)c2cccc(F)c2)c1OC. The zero-order chi connectivity index (χ0) is 16.1. The highest BCUT2D eigenvalue weighted by molar-refractivity contribution is 5.46. The van der Waals surface area contributed by atoms with Crippen LogP contribution in [0.4, 0.5) is 4.39 Å². The van der Waals surface area contributed by atoms with E-state index in [4.69, 9.17) is 9.47 Å². The topological polar surface area (TPSA) is 21.7 Å². The maximum absolute atomic E-state index is 13.4. The molecular formula is C18H22FNO2. The van der Waals surface area contributed by atoms with Crippen LogP contribution in [-0.4, -0.2) is 26.2 Å². The normalized spacial score (nSPS) is 12.3. The quantitative estimate of drug-likeness (QED) is 0.804. The molecule has 4 heteroatoms. The van der Waals surface area contributed by atoms with Gasteiger partial charge in [0.1, 0.15) is 5.82 Å². The summed E-state index contributed by atoms with van der Waals surface area (Å²) < 4.78 is 24.2. The molecule has 118 valence electrons. The summed E-state index contributed by atoms with van der Waals surface area (Å²) in [6, 6.07) is 12.6. The number of ether oxygens (including phenoxy) is 2. The van der Waals surface area contributed by atoms with Crippen molar-refractivity contribution in [2.75, 3.05) is 21.3 Å². The molecule has 0 radical (unpaired) electrons. The van der Waals surface area contributed by atoms with Crippen molar-refractivity contribution in [3.8, 4) is 11.5 Å². The van der Waals surface area contributed by atoms with Crippen LogP contribution in [0.15, 0.2) is 42.5 Å². The van der Waals surface area contributed by atoms with E-state index in [1.165, 1.54) is 6.07 Å². The Morgan fingerprint density at radius 3 is 2.45 bits per heavy atom. The third-order valence-corrected chi connectivity index (χ3v) is 3.90. The van der Waals surface area contributed by atoms with Crippen LogP contribution in [0.3, 0.4) is 0 Å². The van der Waals surface area contributed by atoms with Crippen molar-refractivity contribution in [1.82, 2.24) is 4.90 Å². The zero-order valence-corrected chi connectivity index (χ0v) is 13.5. The summed E-state index contributed by atoms with van der Waals surface area (Å²) in [6.45, 7) is 2.74. The van der Waals surface area contributed by atoms with Crippen molar-refractivity contribution in [2.24, 2.45) is 0 Å². The summed E-state index contributed by atoms with van der Waals surface area (Å²) in [5, 5.41) is 0. The van der Waals surface area contributed by atoms with Crippen LogP contribution in [0.2, 0.25) is 0 Å². The molecule has 0 unspecified atom stereocenters. The Morgan fingerprint density at radius 1 is 1.09 bits per heavy atom. The highest BCUT2D eigenvalue weighted by atomic mass is 19.1. The van der Waals surface area contributed by atoms with Gasteiger partial charge in [0.05, 0.1) is 14.2 Å². The fourth-order valence-corrected chi connectivity index (χ4v) is 2.50. The lowest BCUT2D eigenvalue weighted by atomic mass is 10.1. The zero-order valence-electron chi connectivity index (χ0n) is 13.5. The molecule has 0 aliphatic rings. The third-order valence-electron chi connectivity index (χ3n) is 3.90. The van der Waals surface area contributed by atoms with Crippen LogP contribution in [0.1, 0.15) is 24.1 Å². The monoisotopic (exact) mass is 303 g/mol. The molecule has 0 aromatic heterocycles. The Kier molecular flexibility index (Phi) is 5.39. The van der Waals surface area contributed by atoms with Crippen LogP contribution >= 0.6 is 0 Å². The Hall–Kier alpha value is -2.07. The highest BCUT2D eigenvalue weighted by Gasteiger charge is 2.16. The summed E-state index contributed by atoms with van der Waals surface area (Å²) >= 11 is 0. The minimum absolute atomic E-state index is 0.0895. The minimum atomic E-state index is -0.211. The standard InChI is InChI=1S/C18H22FNO2/c1-13(14-7-5-9-16(19)11-14)20(2)12-15-8-6-10-17(21-3)18(15)22-4/h5-11,13H,12H2,1-4H3/t13-/m1/s1. The first-order valence-electron chi connectivity index (χ1n) is 7.22. The number of rotatable bonds is 6. The fourth-order valence-electron chi connectivity index (χ4n) is 2.50. The Labute approximate surface area is 131 Å². The predicted molar refractivity (Wildman–Crippen MR) is 85.8 cm³/mol. The van der Waals surface area contributed by atoms with Crippen LogP contribution in [0, 0.1) is 5.82 Å². The van der Waals surface area contributed by atoms with Crippen molar-refractivity contribution in [2.45, 2.75) is 19.5 Å². The first kappa shape index (κ1) is 16.3. The van der Waals surface area contributed by atoms with E-state index in [-0.39, 0.29) is 11.9 Å². The first-order valence-corrected chi connectivity index (χ1v) is 7.22. The van der Waals surface area contributed by atoms with Gasteiger partial charge in [0.15, 0.2) is 11.5 Å². The molecule has 0 bridgehead atoms. The van der Waals surface area contributed by atoms with E-state index >= 15 is 0 Å². The van der Waals surface area contributed by atoms with E-state index < -0.39 is 0 Å². The van der Waals surface area contributed by atoms with Gasteiger partial charge < -0.3 is 9.47 Å². The average Bonchev–Trinajstić information content (AvgIpc) is 2.53. The molecule has 2 aromatic carbocycles. The van der Waals surface area contributed by atoms with E-state index in [9.17, 15) is 4.39 Å². The summed E-state index contributed by atoms with van der Waals surface area (Å²) in [5.74, 6) is 1.24. The maximum Gasteiger partial charge on any atom is 0.165 e. The second-order valence-electron chi connectivity index (χ2n) is 5.30. The third kappa shape index (κ3) is 3.57. The van der Waals surface area contributed by atoms with Crippen molar-refractivity contribution in [3.63, 3.8) is 0 Å². The molecule has 2 aromatic rings. The van der Waals surface area contributed by atoms with Gasteiger partial charge in [-0.05, 0) is 37.7 Å². The van der Waals surface area contributed by atoms with E-state index in [2.05, 4.69) is 11.8 Å². The van der Waals surface area contributed by atoms with Crippen molar-refractivity contribution >= 4 is 0 Å². The maximum atomic E-state index is 13.4. The molecule has 0 saturated heterocycles. The van der Waals surface area contributed by atoms with E-state index in [0.717, 1.165) is 16.9 Å². The smallest absolute Gasteiger partial charge is 0.165 e. The molecule has 0 heterocycles. The molecule has 1 atom stereocenters. The van der Waals surface area contributed by atoms with Crippen molar-refractivity contribution in [3.05, 3.63) is 59.4 Å². The van der Waals surface area contributed by atoms with Crippen LogP contribution in [-0.2, 0) is 6.54 Å². The average molecular weight is 303 g/mol. The summed E-state index contributed by atoms with van der Waals surface area (Å²) in [7, 11) is 5.27. The first-order chi connectivity index (χ1) is 10.6. The number of nitrogens with zero attached hydrogens (tertiary/aromatic N) is 1. The van der Waals surface area contributed by atoms with Crippen molar-refractivity contribution < 1.29 is 13.9 Å². The molecule has 0 aliphatic heterocycles. The molecule has 3 nitrogen and oxygen atoms in total. The van der Waals surface area contributed by atoms with Gasteiger partial charge in [-0.25, -0.2) is 4.39 Å². The number of benzene rings is 2. The molecular weight excluding hydrogens is 281 g/mol. The summed E-state index contributed by atoms with van der Waals surface area (Å²) in [4.78, 5) is 2.14. The molecule has 0 spiro atoms. The second kappa shape index (κ2) is 7.27. The summed E-state index contributed by atoms with van der Waals surface area (Å²) in [5.41, 5.74) is 1.98. The molecule has 0 fully saturated rings. The van der Waals surface area contributed by atoms with E-state index in [0.29, 0.717) is 12.3 Å². The Balaban J connectivity index is 2.20. The molecule has 22 heavy (non-hydrogen) atoms. The summed E-state index contributed by atoms with van der Waals surface area (Å²) in [6.07, 6.45) is 0. The minimum Gasteiger partial charge on any atom is -0.493 e. The second-order valence-corrected chi connectivity index (χ2v) is 5.30. The van der Waals surface area contributed by atoms with Crippen LogP contribution < -0.4 is 9.47 Å². The fraction of sp³-hybridized carbons (Fsp3) is 0.333. The highest BCUT2D eigenvalue weighted by Crippen LogP contribution is 2.32. The van der Waals surface area contributed by atoms with Gasteiger partial charge in [0, 0.05) is 18.2 Å². The van der Waals surface area contributed by atoms with Crippen LogP contribution in [0.5, 0.6) is 11.5 Å². The number of hydrogen-bond donors (Lipinski definition) is 0. The van der Waals surface area contributed by atoms with Gasteiger partial charge in [-0.1, -0.05) is 24.3 Å². The number of halogens is 1. The van der Waals surface area contributed by atoms with Crippen molar-refractivity contribution in [1.29, 1.82) is 0 Å². The molecule has 0 amide bonds. The number of para-hydroxylation sites is 1. The number of hydrogen-bond acceptors (Lipinski definition) is 3. The molecule has 0 aliphatic carbocycles. The molecule has 2 rings (SSSR count).